The molecule has 2 heterocycles. The van der Waals surface area contributed by atoms with Gasteiger partial charge in [0.25, 0.3) is 0 Å². The molecule has 0 fully saturated rings. The van der Waals surface area contributed by atoms with E-state index in [0.29, 0.717) is 5.28 Å². The summed E-state index contributed by atoms with van der Waals surface area (Å²) in [6, 6.07) is 18.7. The summed E-state index contributed by atoms with van der Waals surface area (Å²) in [7, 11) is 0. The van der Waals surface area contributed by atoms with Gasteiger partial charge < -0.3 is 0 Å². The Labute approximate surface area is 144 Å². The number of halogens is 1. The molecule has 0 spiro atoms. The van der Waals surface area contributed by atoms with Crippen molar-refractivity contribution in [2.24, 2.45) is 0 Å². The summed E-state index contributed by atoms with van der Waals surface area (Å²) >= 11 is 7.85. The summed E-state index contributed by atoms with van der Waals surface area (Å²) < 4.78 is 0. The van der Waals surface area contributed by atoms with E-state index in [0.717, 1.165) is 28.3 Å². The number of nitrogens with zero attached hydrogens (tertiary/aromatic N) is 2. The third-order valence-corrected chi connectivity index (χ3v) is 4.73. The van der Waals surface area contributed by atoms with Gasteiger partial charge in [-0.15, -0.1) is 11.8 Å². The van der Waals surface area contributed by atoms with Crippen molar-refractivity contribution in [1.82, 2.24) is 9.97 Å². The van der Waals surface area contributed by atoms with E-state index in [1.807, 2.05) is 18.2 Å². The van der Waals surface area contributed by atoms with E-state index in [2.05, 4.69) is 57.9 Å². The zero-order valence-electron chi connectivity index (χ0n) is 12.2. The van der Waals surface area contributed by atoms with Crippen LogP contribution >= 0.6 is 23.4 Å². The van der Waals surface area contributed by atoms with Crippen molar-refractivity contribution < 1.29 is 0 Å². The lowest BCUT2D eigenvalue weighted by Crippen LogP contribution is -2.01. The monoisotopic (exact) mass is 336 g/mol. The third-order valence-electron chi connectivity index (χ3n) is 3.79. The van der Waals surface area contributed by atoms with Gasteiger partial charge in [-0.1, -0.05) is 48.5 Å². The van der Waals surface area contributed by atoms with E-state index in [1.54, 1.807) is 11.8 Å². The van der Waals surface area contributed by atoms with Crippen LogP contribution in [0.1, 0.15) is 11.3 Å². The highest BCUT2D eigenvalue weighted by Crippen LogP contribution is 2.33. The van der Waals surface area contributed by atoms with Crippen LogP contribution in [0.25, 0.3) is 28.5 Å². The van der Waals surface area contributed by atoms with E-state index < -0.39 is 0 Å². The van der Waals surface area contributed by atoms with Crippen molar-refractivity contribution in [2.45, 2.75) is 5.75 Å². The SMILES string of the molecule is Clc1nc2c(c(-c3cccc(-c4ccccc4)c3)n1)C=CSC2. The van der Waals surface area contributed by atoms with E-state index >= 15 is 0 Å². The van der Waals surface area contributed by atoms with Crippen molar-refractivity contribution in [2.75, 3.05) is 0 Å². The van der Waals surface area contributed by atoms with Gasteiger partial charge in [-0.25, -0.2) is 9.97 Å². The van der Waals surface area contributed by atoms with Crippen molar-refractivity contribution in [3.05, 3.63) is 76.5 Å². The summed E-state index contributed by atoms with van der Waals surface area (Å²) in [5.41, 5.74) is 6.38. The van der Waals surface area contributed by atoms with Crippen molar-refractivity contribution >= 4 is 29.4 Å². The molecule has 1 aromatic heterocycles. The van der Waals surface area contributed by atoms with Crippen LogP contribution in [0, 0.1) is 0 Å². The Kier molecular flexibility index (Phi) is 3.90. The molecule has 1 aliphatic rings. The standard InChI is InChI=1S/C19H13ClN2S/c20-19-21-17-12-23-10-9-16(17)18(22-19)15-8-4-7-14(11-15)13-5-2-1-3-6-13/h1-11H,12H2. The molecule has 0 saturated carbocycles. The molecule has 1 aliphatic heterocycles. The molecule has 4 rings (SSSR count). The molecule has 0 N–H and O–H groups in total. The van der Waals surface area contributed by atoms with Crippen LogP contribution in [-0.2, 0) is 5.75 Å². The summed E-state index contributed by atoms with van der Waals surface area (Å²) in [6.07, 6.45) is 2.07. The fourth-order valence-electron chi connectivity index (χ4n) is 2.71. The smallest absolute Gasteiger partial charge is 0.221 e. The Hall–Kier alpha value is -2.10. The minimum atomic E-state index is 0.305. The van der Waals surface area contributed by atoms with Crippen LogP contribution in [-0.4, -0.2) is 9.97 Å². The van der Waals surface area contributed by atoms with E-state index in [-0.39, 0.29) is 0 Å². The van der Waals surface area contributed by atoms with E-state index in [4.69, 9.17) is 11.6 Å². The first-order chi connectivity index (χ1) is 11.3. The number of hydrogen-bond donors (Lipinski definition) is 0. The maximum absolute atomic E-state index is 6.13. The number of thioether (sulfide) groups is 1. The van der Waals surface area contributed by atoms with Crippen molar-refractivity contribution in [1.29, 1.82) is 0 Å². The second-order valence-corrected chi connectivity index (χ2v) is 6.49. The van der Waals surface area contributed by atoms with Gasteiger partial charge >= 0.3 is 0 Å². The van der Waals surface area contributed by atoms with Gasteiger partial charge in [0.2, 0.25) is 5.28 Å². The van der Waals surface area contributed by atoms with Crippen LogP contribution in [0.15, 0.2) is 60.0 Å². The summed E-state index contributed by atoms with van der Waals surface area (Å²) in [5.74, 6) is 0.833. The molecule has 2 nitrogen and oxygen atoms in total. The van der Waals surface area contributed by atoms with E-state index in [1.165, 1.54) is 11.1 Å². The molecule has 112 valence electrons. The topological polar surface area (TPSA) is 25.8 Å². The second kappa shape index (κ2) is 6.19. The fraction of sp³-hybridized carbons (Fsp3) is 0.0526. The predicted octanol–water partition coefficient (Wildman–Crippen LogP) is 5.68. The van der Waals surface area contributed by atoms with Crippen LogP contribution in [0.3, 0.4) is 0 Å². The Balaban J connectivity index is 1.87. The summed E-state index contributed by atoms with van der Waals surface area (Å²) in [6.45, 7) is 0. The molecule has 0 unspecified atom stereocenters. The Bertz CT molecular complexity index is 891. The number of rotatable bonds is 2. The molecule has 0 bridgehead atoms. The average Bonchev–Trinajstić information content (AvgIpc) is 2.62. The first-order valence-electron chi connectivity index (χ1n) is 7.32. The molecule has 0 saturated heterocycles. The first-order valence-corrected chi connectivity index (χ1v) is 8.74. The molecule has 4 heteroatoms. The molecule has 0 atom stereocenters. The minimum Gasteiger partial charge on any atom is -0.221 e. The molecule has 23 heavy (non-hydrogen) atoms. The number of benzene rings is 2. The zero-order chi connectivity index (χ0) is 15.6. The Morgan fingerprint density at radius 2 is 1.65 bits per heavy atom. The van der Waals surface area contributed by atoms with Gasteiger partial charge in [-0.05, 0) is 40.3 Å². The lowest BCUT2D eigenvalue weighted by atomic mass is 9.99. The van der Waals surface area contributed by atoms with E-state index in [9.17, 15) is 0 Å². The number of fused-ring (bicyclic) bond motifs is 1. The van der Waals surface area contributed by atoms with Crippen LogP contribution in [0.2, 0.25) is 5.28 Å². The molecule has 0 aliphatic carbocycles. The largest absolute Gasteiger partial charge is 0.223 e. The lowest BCUT2D eigenvalue weighted by molar-refractivity contribution is 1.08. The maximum Gasteiger partial charge on any atom is 0.223 e. The summed E-state index contributed by atoms with van der Waals surface area (Å²) in [5, 5.41) is 2.39. The molecular formula is C19H13ClN2S. The zero-order valence-corrected chi connectivity index (χ0v) is 13.8. The van der Waals surface area contributed by atoms with Crippen LogP contribution in [0.5, 0.6) is 0 Å². The molecule has 0 radical (unpaired) electrons. The molecular weight excluding hydrogens is 324 g/mol. The molecule has 3 aromatic rings. The average molecular weight is 337 g/mol. The van der Waals surface area contributed by atoms with Gasteiger partial charge in [0.1, 0.15) is 0 Å². The maximum atomic E-state index is 6.13. The Morgan fingerprint density at radius 3 is 2.52 bits per heavy atom. The van der Waals surface area contributed by atoms with Gasteiger partial charge in [-0.3, -0.25) is 0 Å². The highest BCUT2D eigenvalue weighted by Gasteiger charge is 2.16. The first kappa shape index (κ1) is 14.5. The third kappa shape index (κ3) is 2.90. The highest BCUT2D eigenvalue weighted by molar-refractivity contribution is 8.01. The van der Waals surface area contributed by atoms with Gasteiger partial charge in [0, 0.05) is 16.9 Å². The van der Waals surface area contributed by atoms with Crippen LogP contribution < -0.4 is 0 Å². The van der Waals surface area contributed by atoms with Crippen molar-refractivity contribution in [3.8, 4) is 22.4 Å². The Morgan fingerprint density at radius 1 is 0.870 bits per heavy atom. The number of aromatic nitrogens is 2. The minimum absolute atomic E-state index is 0.305. The summed E-state index contributed by atoms with van der Waals surface area (Å²) in [4.78, 5) is 8.85. The van der Waals surface area contributed by atoms with Gasteiger partial charge in [0.15, 0.2) is 0 Å². The highest BCUT2D eigenvalue weighted by atomic mass is 35.5. The molecule has 2 aromatic carbocycles. The predicted molar refractivity (Wildman–Crippen MR) is 98.2 cm³/mol. The normalized spacial score (nSPS) is 12.9. The fourth-order valence-corrected chi connectivity index (χ4v) is 3.60. The van der Waals surface area contributed by atoms with Crippen molar-refractivity contribution in [3.63, 3.8) is 0 Å². The molecule has 0 amide bonds. The van der Waals surface area contributed by atoms with Gasteiger partial charge in [-0.2, -0.15) is 0 Å². The second-order valence-electron chi connectivity index (χ2n) is 5.26. The lowest BCUT2D eigenvalue weighted by Gasteiger charge is -2.14. The van der Waals surface area contributed by atoms with Crippen LogP contribution in [0.4, 0.5) is 0 Å². The van der Waals surface area contributed by atoms with Gasteiger partial charge in [0.05, 0.1) is 11.4 Å². The number of hydrogen-bond acceptors (Lipinski definition) is 3. The quantitative estimate of drug-likeness (QED) is 0.563.